The van der Waals surface area contributed by atoms with E-state index in [1.54, 1.807) is 25.2 Å². The van der Waals surface area contributed by atoms with Crippen LogP contribution in [0, 0.1) is 12.7 Å². The van der Waals surface area contributed by atoms with E-state index in [9.17, 15) is 14.0 Å². The molecule has 200 valence electrons. The molecule has 7 heteroatoms. The monoisotopic (exact) mass is 533 g/mol. The van der Waals surface area contributed by atoms with Crippen LogP contribution in [0.3, 0.4) is 0 Å². The van der Waals surface area contributed by atoms with Crippen LogP contribution >= 0.6 is 0 Å². The van der Waals surface area contributed by atoms with Crippen molar-refractivity contribution in [3.05, 3.63) is 107 Å². The summed E-state index contributed by atoms with van der Waals surface area (Å²) in [6.45, 7) is 1.96. The Bertz CT molecular complexity index is 1760. The lowest BCUT2D eigenvalue weighted by Gasteiger charge is -2.23. The molecule has 1 aliphatic rings. The smallest absolute Gasteiger partial charge is 0.258 e. The lowest BCUT2D eigenvalue weighted by Crippen LogP contribution is -2.33. The number of hydrogen-bond acceptors (Lipinski definition) is 4. The minimum atomic E-state index is -0.384. The van der Waals surface area contributed by atoms with Crippen molar-refractivity contribution in [1.29, 1.82) is 0 Å². The zero-order chi connectivity index (χ0) is 28.0. The van der Waals surface area contributed by atoms with E-state index in [1.165, 1.54) is 12.1 Å². The summed E-state index contributed by atoms with van der Waals surface area (Å²) < 4.78 is 19.7. The second-order valence-corrected chi connectivity index (χ2v) is 10.1. The first-order valence-electron chi connectivity index (χ1n) is 13.2. The molecule has 2 amide bonds. The van der Waals surface area contributed by atoms with E-state index in [0.29, 0.717) is 44.7 Å². The molecule has 4 aromatic carbocycles. The molecule has 1 heterocycles. The van der Waals surface area contributed by atoms with Gasteiger partial charge in [0.1, 0.15) is 17.2 Å². The minimum Gasteiger partial charge on any atom is -0.455 e. The van der Waals surface area contributed by atoms with Gasteiger partial charge in [-0.15, -0.1) is 0 Å². The van der Waals surface area contributed by atoms with E-state index in [-0.39, 0.29) is 23.7 Å². The number of para-hydroxylation sites is 1. The Morgan fingerprint density at radius 1 is 0.950 bits per heavy atom. The Hall–Kier alpha value is -4.91. The highest BCUT2D eigenvalue weighted by Crippen LogP contribution is 2.40. The van der Waals surface area contributed by atoms with Crippen LogP contribution in [-0.2, 0) is 0 Å². The topological polar surface area (TPSA) is 88.6 Å². The lowest BCUT2D eigenvalue weighted by molar-refractivity contribution is 0.0962. The number of fused-ring (bicyclic) bond motifs is 1. The van der Waals surface area contributed by atoms with Crippen molar-refractivity contribution in [2.45, 2.75) is 25.8 Å². The molecule has 40 heavy (non-hydrogen) atoms. The number of aryl methyl sites for hydroxylation is 1. The van der Waals surface area contributed by atoms with Gasteiger partial charge in [0.25, 0.3) is 11.8 Å². The quantitative estimate of drug-likeness (QED) is 0.231. The zero-order valence-electron chi connectivity index (χ0n) is 22.2. The third-order valence-electron chi connectivity index (χ3n) is 7.36. The van der Waals surface area contributed by atoms with Gasteiger partial charge in [-0.25, -0.2) is 4.39 Å². The van der Waals surface area contributed by atoms with Gasteiger partial charge in [-0.1, -0.05) is 24.3 Å². The Kier molecular flexibility index (Phi) is 6.34. The Balaban J connectivity index is 1.48. The van der Waals surface area contributed by atoms with Gasteiger partial charge in [-0.3, -0.25) is 9.59 Å². The van der Waals surface area contributed by atoms with Crippen molar-refractivity contribution in [2.75, 3.05) is 17.7 Å². The fraction of sp³-hybridized carbons (Fsp3) is 0.152. The average Bonchev–Trinajstić information content (AvgIpc) is 3.73. The summed E-state index contributed by atoms with van der Waals surface area (Å²) in [5, 5.41) is 3.25. The molecule has 1 aromatic heterocycles. The molecule has 0 aliphatic heterocycles. The van der Waals surface area contributed by atoms with Crippen molar-refractivity contribution < 1.29 is 18.4 Å². The Labute approximate surface area is 231 Å². The van der Waals surface area contributed by atoms with Gasteiger partial charge in [0.15, 0.2) is 0 Å². The van der Waals surface area contributed by atoms with E-state index in [0.717, 1.165) is 29.7 Å². The first kappa shape index (κ1) is 25.4. The Morgan fingerprint density at radius 2 is 1.68 bits per heavy atom. The number of amides is 2. The molecular formula is C33H28FN3O3. The van der Waals surface area contributed by atoms with Crippen LogP contribution in [0.4, 0.5) is 15.8 Å². The van der Waals surface area contributed by atoms with Crippen LogP contribution in [0.15, 0.2) is 89.3 Å². The second kappa shape index (κ2) is 10.0. The number of nitrogens with one attached hydrogen (secondary N) is 1. The van der Waals surface area contributed by atoms with Crippen LogP contribution in [0.25, 0.3) is 33.4 Å². The van der Waals surface area contributed by atoms with Crippen LogP contribution in [0.5, 0.6) is 0 Å². The molecular weight excluding hydrogens is 505 g/mol. The summed E-state index contributed by atoms with van der Waals surface area (Å²) in [4.78, 5) is 28.7. The number of carbonyl (C=O) groups is 2. The summed E-state index contributed by atoms with van der Waals surface area (Å²) in [6, 6.07) is 24.8. The van der Waals surface area contributed by atoms with Gasteiger partial charge < -0.3 is 20.4 Å². The van der Waals surface area contributed by atoms with Crippen LogP contribution < -0.4 is 16.0 Å². The molecule has 0 unspecified atom stereocenters. The summed E-state index contributed by atoms with van der Waals surface area (Å²) in [5.74, 6) is -0.459. The third kappa shape index (κ3) is 4.49. The van der Waals surface area contributed by atoms with Crippen molar-refractivity contribution in [3.63, 3.8) is 0 Å². The van der Waals surface area contributed by atoms with Gasteiger partial charge >= 0.3 is 0 Å². The fourth-order valence-corrected chi connectivity index (χ4v) is 5.15. The number of hydrogen-bond donors (Lipinski definition) is 2. The maximum absolute atomic E-state index is 13.8. The van der Waals surface area contributed by atoms with E-state index in [2.05, 4.69) is 5.32 Å². The highest BCUT2D eigenvalue weighted by atomic mass is 19.1. The number of halogens is 1. The van der Waals surface area contributed by atoms with E-state index in [4.69, 9.17) is 10.2 Å². The molecule has 6 rings (SSSR count). The fourth-order valence-electron chi connectivity index (χ4n) is 5.15. The largest absolute Gasteiger partial charge is 0.455 e. The molecule has 1 saturated carbocycles. The van der Waals surface area contributed by atoms with Gasteiger partial charge in [0, 0.05) is 52.6 Å². The van der Waals surface area contributed by atoms with Crippen LogP contribution in [0.2, 0.25) is 0 Å². The molecule has 0 bridgehead atoms. The number of rotatable bonds is 6. The number of benzene rings is 4. The maximum atomic E-state index is 13.8. The highest BCUT2D eigenvalue weighted by molar-refractivity contribution is 6.13. The summed E-state index contributed by atoms with van der Waals surface area (Å²) in [7, 11) is 1.55. The first-order chi connectivity index (χ1) is 19.4. The maximum Gasteiger partial charge on any atom is 0.258 e. The third-order valence-corrected chi connectivity index (χ3v) is 7.36. The van der Waals surface area contributed by atoms with Gasteiger partial charge in [-0.05, 0) is 85.5 Å². The first-order valence-corrected chi connectivity index (χ1v) is 13.2. The average molecular weight is 534 g/mol. The van der Waals surface area contributed by atoms with Crippen molar-refractivity contribution in [3.8, 4) is 22.5 Å². The predicted octanol–water partition coefficient (Wildman–Crippen LogP) is 6.97. The van der Waals surface area contributed by atoms with Crippen molar-refractivity contribution in [1.82, 2.24) is 5.32 Å². The van der Waals surface area contributed by atoms with Crippen molar-refractivity contribution >= 4 is 34.2 Å². The molecule has 6 nitrogen and oxygen atoms in total. The molecule has 5 aromatic rings. The normalized spacial score (nSPS) is 12.9. The number of nitrogen functional groups attached to an aromatic ring is 1. The zero-order valence-corrected chi connectivity index (χ0v) is 22.2. The number of anilines is 2. The number of nitrogens with zero attached hydrogens (tertiary/aromatic N) is 1. The van der Waals surface area contributed by atoms with Gasteiger partial charge in [0.05, 0.1) is 5.56 Å². The molecule has 3 N–H and O–H groups in total. The molecule has 0 atom stereocenters. The molecule has 1 aliphatic carbocycles. The van der Waals surface area contributed by atoms with E-state index in [1.807, 2.05) is 66.4 Å². The lowest BCUT2D eigenvalue weighted by atomic mass is 9.94. The SMILES string of the molecule is CNC(=O)c1c(-c2ccc(F)cc2)oc2cc(N)c(-c3cc(C(=O)N(c4ccccc4)C4CC4)ccc3C)cc12. The molecule has 0 radical (unpaired) electrons. The highest BCUT2D eigenvalue weighted by Gasteiger charge is 2.34. The molecule has 0 spiro atoms. The minimum absolute atomic E-state index is 0.0671. The summed E-state index contributed by atoms with van der Waals surface area (Å²) in [6.07, 6.45) is 1.95. The van der Waals surface area contributed by atoms with Crippen LogP contribution in [-0.4, -0.2) is 24.9 Å². The van der Waals surface area contributed by atoms with Crippen molar-refractivity contribution in [2.24, 2.45) is 0 Å². The summed E-state index contributed by atoms with van der Waals surface area (Å²) >= 11 is 0. The van der Waals surface area contributed by atoms with E-state index < -0.39 is 0 Å². The standard InChI is InChI=1S/C33H28FN3O3/c1-19-8-9-21(33(39)37(24-14-15-24)23-6-4-3-5-7-23)16-25(19)26-17-27-29(18-28(26)35)40-31(30(27)32(38)36-2)20-10-12-22(34)13-11-20/h3-13,16-18,24H,14-15,35H2,1-2H3,(H,36,38). The second-order valence-electron chi connectivity index (χ2n) is 10.1. The number of carbonyl (C=O) groups excluding carboxylic acids is 2. The Morgan fingerprint density at radius 3 is 2.35 bits per heavy atom. The van der Waals surface area contributed by atoms with Gasteiger partial charge in [0.2, 0.25) is 0 Å². The van der Waals surface area contributed by atoms with Crippen LogP contribution in [0.1, 0.15) is 39.1 Å². The van der Waals surface area contributed by atoms with Gasteiger partial charge in [-0.2, -0.15) is 0 Å². The number of furan rings is 1. The molecule has 1 fully saturated rings. The molecule has 0 saturated heterocycles. The van der Waals surface area contributed by atoms with E-state index >= 15 is 0 Å². The summed E-state index contributed by atoms with van der Waals surface area (Å²) in [5.41, 5.74) is 12.2. The predicted molar refractivity (Wildman–Crippen MR) is 156 cm³/mol. The number of nitrogens with two attached hydrogens (primary N) is 1.